The average molecular weight is 1600 g/mol. The van der Waals surface area contributed by atoms with Gasteiger partial charge in [0, 0.05) is 45.2 Å². The fourth-order valence-electron chi connectivity index (χ4n) is 13.5. The maximum atomic E-state index is 13.8. The van der Waals surface area contributed by atoms with Crippen molar-refractivity contribution in [3.05, 3.63) is 347 Å². The third-order valence-electron chi connectivity index (χ3n) is 18.2. The van der Waals surface area contributed by atoms with Crippen LogP contribution >= 0.6 is 31.9 Å². The molecule has 2 N–H and O–H groups in total. The van der Waals surface area contributed by atoms with E-state index in [-0.39, 0.29) is 128 Å². The molecule has 0 saturated heterocycles. The number of rotatable bonds is 13. The van der Waals surface area contributed by atoms with Gasteiger partial charge in [0.2, 0.25) is 0 Å². The monoisotopic (exact) mass is 1600 g/mol. The number of aryl methyl sites for hydroxylation is 3. The number of carbonyl (C=O) groups is 1. The Hall–Kier alpha value is -9.60. The van der Waals surface area contributed by atoms with E-state index < -0.39 is 0 Å². The molecule has 6 heterocycles. The van der Waals surface area contributed by atoms with Crippen molar-refractivity contribution in [2.75, 3.05) is 10.2 Å². The predicted octanol–water partition coefficient (Wildman–Crippen LogP) is 16.5. The van der Waals surface area contributed by atoms with Gasteiger partial charge in [-0.3, -0.25) is 18.5 Å². The predicted molar refractivity (Wildman–Crippen MR) is 424 cm³/mol. The molecule has 15 nitrogen and oxygen atoms in total. The van der Waals surface area contributed by atoms with E-state index >= 15 is 0 Å². The van der Waals surface area contributed by atoms with Gasteiger partial charge in [-0.25, -0.2) is 19.3 Å². The van der Waals surface area contributed by atoms with E-state index in [0.717, 1.165) is 111 Å². The number of phenols is 1. The van der Waals surface area contributed by atoms with Gasteiger partial charge in [-0.15, -0.1) is 0 Å². The molecule has 0 aliphatic carbocycles. The molecule has 0 radical (unpaired) electrons. The second kappa shape index (κ2) is 34.7. The third-order valence-corrected chi connectivity index (χ3v) is 19.8. The number of carbonyl (C=O) groups excluding carboxylic acids is 1. The van der Waals surface area contributed by atoms with Crippen LogP contribution in [0.2, 0.25) is 0 Å². The van der Waals surface area contributed by atoms with E-state index in [2.05, 4.69) is 213 Å². The molecule has 20 heteroatoms. The van der Waals surface area contributed by atoms with Crippen LogP contribution in [-0.2, 0) is 9.68 Å². The van der Waals surface area contributed by atoms with E-state index in [0.29, 0.717) is 27.5 Å². The van der Waals surface area contributed by atoms with Crippen molar-refractivity contribution in [2.24, 2.45) is 0 Å². The molecule has 0 saturated carbocycles. The molecule has 0 amide bonds. The van der Waals surface area contributed by atoms with Crippen LogP contribution in [0.4, 0.5) is 21.5 Å². The van der Waals surface area contributed by atoms with Gasteiger partial charge < -0.3 is 41.1 Å². The minimum Gasteiger partial charge on any atom is -1.00 e. The number of para-hydroxylation sites is 8. The van der Waals surface area contributed by atoms with Crippen molar-refractivity contribution in [1.82, 2.24) is 28.7 Å². The zero-order valence-corrected chi connectivity index (χ0v) is 68.7. The first kappa shape index (κ1) is 76.6. The molecular formula is C88H65Br2FK2N8O7. The smallest absolute Gasteiger partial charge is 1.00 e. The van der Waals surface area contributed by atoms with E-state index in [9.17, 15) is 9.50 Å². The Morgan fingerprint density at radius 2 is 0.935 bits per heavy atom. The van der Waals surface area contributed by atoms with Gasteiger partial charge in [-0.1, -0.05) is 133 Å². The number of phenolic OH excluding ortho intramolecular Hbond substituents is 1. The summed E-state index contributed by atoms with van der Waals surface area (Å²) >= 11 is 7.02. The quantitative estimate of drug-likeness (QED) is 0.0486. The number of imidazole rings is 1. The Labute approximate surface area is 725 Å². The number of pyridine rings is 2. The number of fused-ring (bicyclic) bond motifs is 8. The van der Waals surface area contributed by atoms with E-state index in [4.69, 9.17) is 29.2 Å². The van der Waals surface area contributed by atoms with Gasteiger partial charge in [0.15, 0.2) is 0 Å². The Morgan fingerprint density at radius 1 is 0.472 bits per heavy atom. The van der Waals surface area contributed by atoms with Crippen molar-refractivity contribution >= 4 is 110 Å². The standard InChI is InChI=1S/C44H33BrN4O2.C23H14BrFN2O.C20H16N2O.CH2O3.2K.H/c1-28-11-9-12-29(2)43(28)49-38-16-6-4-14-35(38)47-44(49)30-20-22-31(23-21-30)50-39-17-10-18-40(42(39)45)51-32-24-25-37-34(27-32)33-13-3-5-15-36(33)48(37)41-19-7-8-26-46-41;24-23-18(25)7-5-9-21(23)28-15-11-12-20-17(14-15)16-6-1-2-8-19(16)27(20)22-10-3-4-13-26-22;1-14-6-2-4-8-18(14)22-19-9-5-3-7-17(19)21-20(22)15-10-12-16(23)13-11-15;2-1-4-3;;;/h3-27,44,47H,1-2H3;1-14H;2-13,23H,1H3;1,3H;;;/q;;;;2*+1;-1/p-1. The normalized spacial score (nSPS) is 11.9. The van der Waals surface area contributed by atoms with Crippen LogP contribution in [0.5, 0.6) is 40.2 Å². The molecule has 522 valence electrons. The van der Waals surface area contributed by atoms with Crippen molar-refractivity contribution < 1.29 is 143 Å². The van der Waals surface area contributed by atoms with Crippen LogP contribution in [0.1, 0.15) is 29.8 Å². The summed E-state index contributed by atoms with van der Waals surface area (Å²) < 4.78 is 40.2. The minimum atomic E-state index is -0.356. The Morgan fingerprint density at radius 3 is 1.50 bits per heavy atom. The minimum absolute atomic E-state index is 0. The maximum Gasteiger partial charge on any atom is 1.00 e. The van der Waals surface area contributed by atoms with Crippen LogP contribution < -0.4 is 132 Å². The van der Waals surface area contributed by atoms with Gasteiger partial charge >= 0.3 is 103 Å². The largest absolute Gasteiger partial charge is 1.00 e. The number of nitrogens with one attached hydrogen (secondary N) is 1. The molecule has 0 fully saturated rings. The third kappa shape index (κ3) is 16.0. The molecular weight excluding hydrogens is 1540 g/mol. The second-order valence-electron chi connectivity index (χ2n) is 24.9. The Bertz CT molecular complexity index is 6060. The molecule has 0 bridgehead atoms. The Kier molecular flexibility index (Phi) is 24.6. The summed E-state index contributed by atoms with van der Waals surface area (Å²) in [4.78, 5) is 27.6. The number of halogens is 3. The van der Waals surface area contributed by atoms with Crippen molar-refractivity contribution in [3.63, 3.8) is 0 Å². The number of anilines is 3. The van der Waals surface area contributed by atoms with Crippen molar-refractivity contribution in [3.8, 4) is 69.0 Å². The number of hydrogen-bond donors (Lipinski definition) is 2. The molecule has 12 aromatic carbocycles. The number of nitrogens with zero attached hydrogens (tertiary/aromatic N) is 7. The summed E-state index contributed by atoms with van der Waals surface area (Å²) in [6.07, 6.45) is 3.55. The summed E-state index contributed by atoms with van der Waals surface area (Å²) in [7, 11) is 0. The van der Waals surface area contributed by atoms with Crippen molar-refractivity contribution in [2.45, 2.75) is 26.9 Å². The Balaban J connectivity index is 0.000000161. The van der Waals surface area contributed by atoms with Gasteiger partial charge in [-0.2, -0.15) is 0 Å². The van der Waals surface area contributed by atoms with Gasteiger partial charge in [0.25, 0.3) is 6.47 Å². The van der Waals surface area contributed by atoms with E-state index in [1.54, 1.807) is 30.5 Å². The number of ether oxygens (including phenoxy) is 3. The number of benzene rings is 12. The molecule has 108 heavy (non-hydrogen) atoms. The van der Waals surface area contributed by atoms with Crippen LogP contribution in [0.15, 0.2) is 319 Å². The summed E-state index contributed by atoms with van der Waals surface area (Å²) in [5, 5.41) is 26.1. The number of aromatic nitrogens is 6. The van der Waals surface area contributed by atoms with Crippen LogP contribution in [0.3, 0.4) is 0 Å². The summed E-state index contributed by atoms with van der Waals surface area (Å²) in [6, 6.07) is 97.8. The maximum absolute atomic E-state index is 13.8. The van der Waals surface area contributed by atoms with E-state index in [1.165, 1.54) is 34.1 Å². The molecule has 5 aromatic heterocycles. The molecule has 1 atom stereocenters. The van der Waals surface area contributed by atoms with E-state index in [1.807, 2.05) is 152 Å². The second-order valence-corrected chi connectivity index (χ2v) is 26.5. The first-order valence-electron chi connectivity index (χ1n) is 33.9. The van der Waals surface area contributed by atoms with Gasteiger partial charge in [-0.05, 0) is 239 Å². The first-order valence-corrected chi connectivity index (χ1v) is 35.5. The fraction of sp³-hybridized carbons (Fsp3) is 0.0455. The summed E-state index contributed by atoms with van der Waals surface area (Å²) in [5.74, 6) is 6.37. The molecule has 1 unspecified atom stereocenters. The molecule has 1 aliphatic rings. The molecule has 17 aromatic rings. The van der Waals surface area contributed by atoms with Crippen LogP contribution in [0, 0.1) is 26.6 Å². The van der Waals surface area contributed by atoms with Crippen molar-refractivity contribution in [1.29, 1.82) is 0 Å². The van der Waals surface area contributed by atoms with Gasteiger partial charge in [0.05, 0.1) is 54.6 Å². The van der Waals surface area contributed by atoms with Crippen LogP contribution in [0.25, 0.3) is 83.4 Å². The van der Waals surface area contributed by atoms with Gasteiger partial charge in [0.1, 0.15) is 74.2 Å². The average Bonchev–Trinajstić information content (AvgIpc) is 1.62. The number of hydrogen-bond acceptors (Lipinski definition) is 12. The summed E-state index contributed by atoms with van der Waals surface area (Å²) in [6.45, 7) is 6.27. The first-order chi connectivity index (χ1) is 51.9. The molecule has 18 rings (SSSR count). The SMILES string of the molecule is Cc1cccc(C)c1N1c2ccccc2NC1c1ccc(Oc2cccc(Oc3ccc4c(c3)c3ccccc3n4-c3ccccn3)c2Br)cc1.Cc1ccccc1-n1c(-c2ccc(O)cc2)nc2ccccc21.Fc1cccc(Oc2ccc3c(c2)c2ccccc2n3-c2ccccn2)c1Br.O=CO[O-].[H-].[K+].[K+]. The fourth-order valence-corrected chi connectivity index (χ4v) is 14.3. The summed E-state index contributed by atoms with van der Waals surface area (Å²) in [5.41, 5.74) is 16.7. The van der Waals surface area contributed by atoms with Crippen LogP contribution in [-0.4, -0.2) is 40.2 Å². The molecule has 0 spiro atoms. The topological polar surface area (TPSA) is 166 Å². The number of aromatic hydroxyl groups is 1. The zero-order valence-electron chi connectivity index (χ0n) is 60.3. The zero-order chi connectivity index (χ0) is 72.8. The molecule has 1 aliphatic heterocycles.